The predicted molar refractivity (Wildman–Crippen MR) is 99.5 cm³/mol. The molecule has 1 aromatic heterocycles. The van der Waals surface area contributed by atoms with E-state index in [2.05, 4.69) is 32.2 Å². The molecule has 3 rings (SSSR count). The van der Waals surface area contributed by atoms with Gasteiger partial charge < -0.3 is 5.32 Å². The zero-order valence-corrected chi connectivity index (χ0v) is 15.1. The summed E-state index contributed by atoms with van der Waals surface area (Å²) in [6.07, 6.45) is 6.87. The maximum Gasteiger partial charge on any atom is 0.251 e. The van der Waals surface area contributed by atoms with Gasteiger partial charge in [0.1, 0.15) is 0 Å². The second-order valence-electron chi connectivity index (χ2n) is 7.16. The van der Waals surface area contributed by atoms with Crippen molar-refractivity contribution in [3.8, 4) is 0 Å². The van der Waals surface area contributed by atoms with Crippen molar-refractivity contribution in [1.29, 1.82) is 0 Å². The van der Waals surface area contributed by atoms with Crippen LogP contribution in [0.3, 0.4) is 0 Å². The van der Waals surface area contributed by atoms with Gasteiger partial charge in [-0.2, -0.15) is 0 Å². The molecule has 1 unspecified atom stereocenters. The second-order valence-corrected chi connectivity index (χ2v) is 7.16. The molecule has 3 nitrogen and oxygen atoms in total. The van der Waals surface area contributed by atoms with E-state index in [-0.39, 0.29) is 5.91 Å². The van der Waals surface area contributed by atoms with Gasteiger partial charge in [-0.15, -0.1) is 0 Å². The Balaban J connectivity index is 1.82. The van der Waals surface area contributed by atoms with Crippen LogP contribution in [0.2, 0.25) is 0 Å². The maximum atomic E-state index is 12.4. The van der Waals surface area contributed by atoms with E-state index < -0.39 is 0 Å². The first-order valence-electron chi connectivity index (χ1n) is 9.30. The fraction of sp³-hybridized carbons (Fsp3) is 0.524. The number of nitrogens with one attached hydrogen (secondary N) is 1. The van der Waals surface area contributed by atoms with E-state index in [9.17, 15) is 4.79 Å². The molecule has 1 heterocycles. The summed E-state index contributed by atoms with van der Waals surface area (Å²) in [5.74, 6) is 0.662. The summed E-state index contributed by atoms with van der Waals surface area (Å²) in [6.45, 7) is 7.34. The highest BCUT2D eigenvalue weighted by atomic mass is 16.1. The van der Waals surface area contributed by atoms with E-state index >= 15 is 0 Å². The van der Waals surface area contributed by atoms with Gasteiger partial charge in [0.05, 0.1) is 5.52 Å². The number of carbonyl (C=O) groups is 1. The molecule has 1 amide bonds. The van der Waals surface area contributed by atoms with Crippen molar-refractivity contribution >= 4 is 16.8 Å². The van der Waals surface area contributed by atoms with E-state index in [4.69, 9.17) is 4.98 Å². The maximum absolute atomic E-state index is 12.4. The lowest BCUT2D eigenvalue weighted by molar-refractivity contribution is 0.0951. The number of aromatic nitrogens is 1. The topological polar surface area (TPSA) is 42.0 Å². The number of amides is 1. The molecule has 1 aliphatic rings. The van der Waals surface area contributed by atoms with Crippen molar-refractivity contribution < 1.29 is 4.79 Å². The highest BCUT2D eigenvalue weighted by Crippen LogP contribution is 2.29. The Morgan fingerprint density at radius 3 is 2.88 bits per heavy atom. The summed E-state index contributed by atoms with van der Waals surface area (Å²) in [5.41, 5.74) is 5.69. The van der Waals surface area contributed by atoms with Gasteiger partial charge in [0.25, 0.3) is 5.91 Å². The lowest BCUT2D eigenvalue weighted by Gasteiger charge is -2.19. The van der Waals surface area contributed by atoms with Crippen LogP contribution in [-0.2, 0) is 12.8 Å². The lowest BCUT2D eigenvalue weighted by atomic mass is 9.90. The molecule has 0 bridgehead atoms. The fourth-order valence-electron chi connectivity index (χ4n) is 3.55. The van der Waals surface area contributed by atoms with Crippen LogP contribution in [0.15, 0.2) is 18.2 Å². The van der Waals surface area contributed by atoms with E-state index in [0.717, 1.165) is 37.7 Å². The molecule has 1 N–H and O–H groups in total. The van der Waals surface area contributed by atoms with Crippen molar-refractivity contribution in [2.45, 2.75) is 59.3 Å². The van der Waals surface area contributed by atoms with Crippen molar-refractivity contribution in [1.82, 2.24) is 10.3 Å². The molecule has 0 saturated heterocycles. The normalized spacial score (nSPS) is 15.1. The van der Waals surface area contributed by atoms with Gasteiger partial charge in [-0.05, 0) is 68.2 Å². The van der Waals surface area contributed by atoms with Gasteiger partial charge in [-0.1, -0.05) is 26.3 Å². The Morgan fingerprint density at radius 1 is 1.29 bits per heavy atom. The molecule has 0 spiro atoms. The molecule has 24 heavy (non-hydrogen) atoms. The van der Waals surface area contributed by atoms with Crippen LogP contribution in [0.1, 0.15) is 66.7 Å². The molecule has 3 heteroatoms. The van der Waals surface area contributed by atoms with Crippen LogP contribution in [0.25, 0.3) is 10.9 Å². The number of benzene rings is 1. The summed E-state index contributed by atoms with van der Waals surface area (Å²) >= 11 is 0. The number of pyridine rings is 1. The van der Waals surface area contributed by atoms with Crippen molar-refractivity contribution in [3.05, 3.63) is 40.6 Å². The monoisotopic (exact) mass is 324 g/mol. The zero-order chi connectivity index (χ0) is 17.1. The predicted octanol–water partition coefficient (Wildman–Crippen LogP) is 4.59. The standard InChI is InChI=1S/C21H28N2O/c1-4-14(2)11-12-22-21(24)16-9-10-18-15(3)17-7-5-6-8-19(17)23-20(18)13-16/h9-10,13-14H,4-8,11-12H2,1-3H3,(H,22,24). The van der Waals surface area contributed by atoms with Crippen LogP contribution >= 0.6 is 0 Å². The third-order valence-corrected chi connectivity index (χ3v) is 5.43. The minimum atomic E-state index is 0.0115. The number of fused-ring (bicyclic) bond motifs is 2. The quantitative estimate of drug-likeness (QED) is 0.874. The zero-order valence-electron chi connectivity index (χ0n) is 15.1. The smallest absolute Gasteiger partial charge is 0.251 e. The number of hydrogen-bond donors (Lipinski definition) is 1. The van der Waals surface area contributed by atoms with Gasteiger partial charge >= 0.3 is 0 Å². The largest absolute Gasteiger partial charge is 0.352 e. The summed E-state index contributed by atoms with van der Waals surface area (Å²) in [7, 11) is 0. The Hall–Kier alpha value is -1.90. The molecule has 1 aromatic carbocycles. The minimum absolute atomic E-state index is 0.0115. The van der Waals surface area contributed by atoms with Gasteiger partial charge in [-0.25, -0.2) is 0 Å². The summed E-state index contributed by atoms with van der Waals surface area (Å²) in [5, 5.41) is 4.23. The fourth-order valence-corrected chi connectivity index (χ4v) is 3.55. The van der Waals surface area contributed by atoms with Gasteiger partial charge in [0, 0.05) is 23.2 Å². The Labute approximate surface area is 144 Å². The number of carbonyl (C=O) groups excluding carboxylic acids is 1. The molecule has 2 aromatic rings. The van der Waals surface area contributed by atoms with Crippen molar-refractivity contribution in [2.75, 3.05) is 6.54 Å². The van der Waals surface area contributed by atoms with Crippen LogP contribution in [0, 0.1) is 12.8 Å². The average molecular weight is 324 g/mol. The van der Waals surface area contributed by atoms with E-state index in [0.29, 0.717) is 11.5 Å². The number of rotatable bonds is 5. The van der Waals surface area contributed by atoms with Crippen LogP contribution in [0.5, 0.6) is 0 Å². The van der Waals surface area contributed by atoms with Crippen LogP contribution < -0.4 is 5.32 Å². The van der Waals surface area contributed by atoms with E-state index in [1.807, 2.05) is 12.1 Å². The van der Waals surface area contributed by atoms with Crippen LogP contribution in [0.4, 0.5) is 0 Å². The third kappa shape index (κ3) is 3.45. The molecule has 0 fully saturated rings. The Bertz CT molecular complexity index is 751. The first kappa shape index (κ1) is 16.9. The van der Waals surface area contributed by atoms with Gasteiger partial charge in [0.15, 0.2) is 0 Å². The van der Waals surface area contributed by atoms with Crippen molar-refractivity contribution in [2.24, 2.45) is 5.92 Å². The number of hydrogen-bond acceptors (Lipinski definition) is 2. The molecule has 0 radical (unpaired) electrons. The van der Waals surface area contributed by atoms with Crippen molar-refractivity contribution in [3.63, 3.8) is 0 Å². The molecule has 0 saturated carbocycles. The molecule has 0 aliphatic heterocycles. The second kappa shape index (κ2) is 7.33. The lowest BCUT2D eigenvalue weighted by Crippen LogP contribution is -2.25. The number of nitrogens with zero attached hydrogens (tertiary/aromatic N) is 1. The minimum Gasteiger partial charge on any atom is -0.352 e. The first-order chi connectivity index (χ1) is 11.6. The van der Waals surface area contributed by atoms with Crippen LogP contribution in [-0.4, -0.2) is 17.4 Å². The molecule has 128 valence electrons. The Kier molecular flexibility index (Phi) is 5.17. The SMILES string of the molecule is CCC(C)CCNC(=O)c1ccc2c(C)c3c(nc2c1)CCCC3. The highest BCUT2D eigenvalue weighted by molar-refractivity contribution is 5.98. The van der Waals surface area contributed by atoms with E-state index in [1.165, 1.54) is 35.0 Å². The highest BCUT2D eigenvalue weighted by Gasteiger charge is 2.16. The van der Waals surface area contributed by atoms with Gasteiger partial charge in [-0.3, -0.25) is 9.78 Å². The summed E-state index contributed by atoms with van der Waals surface area (Å²) < 4.78 is 0. The Morgan fingerprint density at radius 2 is 2.08 bits per heavy atom. The van der Waals surface area contributed by atoms with E-state index in [1.54, 1.807) is 0 Å². The van der Waals surface area contributed by atoms with Gasteiger partial charge in [0.2, 0.25) is 0 Å². The molecule has 1 aliphatic carbocycles. The molecular formula is C21H28N2O. The summed E-state index contributed by atoms with van der Waals surface area (Å²) in [4.78, 5) is 17.3. The average Bonchev–Trinajstić information content (AvgIpc) is 2.61. The summed E-state index contributed by atoms with van der Waals surface area (Å²) in [6, 6.07) is 5.96. The molecule has 1 atom stereocenters. The third-order valence-electron chi connectivity index (χ3n) is 5.43. The first-order valence-corrected chi connectivity index (χ1v) is 9.30. The molecular weight excluding hydrogens is 296 g/mol. The number of aryl methyl sites for hydroxylation is 2.